The summed E-state index contributed by atoms with van der Waals surface area (Å²) in [6.07, 6.45) is 53.4. The molecule has 0 aromatic heterocycles. The van der Waals surface area contributed by atoms with Crippen molar-refractivity contribution in [2.24, 2.45) is 0 Å². The van der Waals surface area contributed by atoms with Gasteiger partial charge >= 0.3 is 17.9 Å². The summed E-state index contributed by atoms with van der Waals surface area (Å²) >= 11 is 0. The minimum absolute atomic E-state index is 0.0654. The van der Waals surface area contributed by atoms with Gasteiger partial charge in [0.15, 0.2) is 6.10 Å². The summed E-state index contributed by atoms with van der Waals surface area (Å²) < 4.78 is 16.8. The smallest absolute Gasteiger partial charge is 0.306 e. The fraction of sp³-hybridized carbons (Fsp3) is 0.906. The summed E-state index contributed by atoms with van der Waals surface area (Å²) in [5.41, 5.74) is 0. The molecule has 6 heteroatoms. The van der Waals surface area contributed by atoms with Gasteiger partial charge in [0.25, 0.3) is 0 Å². The van der Waals surface area contributed by atoms with Gasteiger partial charge in [-0.15, -0.1) is 0 Å². The number of hydrogen-bond donors (Lipinski definition) is 0. The zero-order valence-electron chi connectivity index (χ0n) is 39.8. The first-order chi connectivity index (χ1) is 29.0. The summed E-state index contributed by atoms with van der Waals surface area (Å²) in [5, 5.41) is 0. The first kappa shape index (κ1) is 57.1. The maximum absolute atomic E-state index is 12.7. The van der Waals surface area contributed by atoms with Crippen LogP contribution in [0.25, 0.3) is 0 Å². The highest BCUT2D eigenvalue weighted by atomic mass is 16.6. The van der Waals surface area contributed by atoms with Crippen LogP contribution in [0.2, 0.25) is 0 Å². The number of carbonyl (C=O) groups is 3. The van der Waals surface area contributed by atoms with Gasteiger partial charge in [0.05, 0.1) is 0 Å². The van der Waals surface area contributed by atoms with E-state index in [0.717, 1.165) is 57.8 Å². The highest BCUT2D eigenvalue weighted by molar-refractivity contribution is 5.71. The average Bonchev–Trinajstić information content (AvgIpc) is 3.23. The molecule has 0 heterocycles. The van der Waals surface area contributed by atoms with E-state index >= 15 is 0 Å². The van der Waals surface area contributed by atoms with E-state index in [0.29, 0.717) is 19.3 Å². The molecule has 0 saturated carbocycles. The van der Waals surface area contributed by atoms with Crippen molar-refractivity contribution in [3.05, 3.63) is 12.2 Å². The van der Waals surface area contributed by atoms with Crippen molar-refractivity contribution >= 4 is 17.9 Å². The fourth-order valence-corrected chi connectivity index (χ4v) is 7.79. The normalized spacial score (nSPS) is 12.0. The third-order valence-electron chi connectivity index (χ3n) is 11.8. The van der Waals surface area contributed by atoms with Crippen LogP contribution in [-0.4, -0.2) is 37.2 Å². The summed E-state index contributed by atoms with van der Waals surface area (Å²) in [4.78, 5) is 37.9. The molecule has 0 unspecified atom stereocenters. The lowest BCUT2D eigenvalue weighted by molar-refractivity contribution is -0.167. The Morgan fingerprint density at radius 1 is 0.322 bits per heavy atom. The van der Waals surface area contributed by atoms with Gasteiger partial charge < -0.3 is 14.2 Å². The predicted molar refractivity (Wildman–Crippen MR) is 252 cm³/mol. The highest BCUT2D eigenvalue weighted by Crippen LogP contribution is 2.16. The Morgan fingerprint density at radius 3 is 0.847 bits per heavy atom. The average molecular weight is 833 g/mol. The Hall–Kier alpha value is -1.85. The largest absolute Gasteiger partial charge is 0.462 e. The number of hydrogen-bond acceptors (Lipinski definition) is 6. The molecular formula is C53H100O6. The standard InChI is InChI=1S/C53H100O6/c1-4-7-10-13-16-19-22-23-24-25-26-27-28-29-32-34-37-40-43-46-52(55)58-49-50(59-53(56)47-44-41-38-35-31-21-18-15-12-9-6-3)48-57-51(54)45-42-39-36-33-30-20-17-14-11-8-5-2/h23-24,50H,4-22,25-49H2,1-3H3/b24-23-/t50-/m0/s1. The lowest BCUT2D eigenvalue weighted by atomic mass is 10.1. The number of rotatable bonds is 48. The van der Waals surface area contributed by atoms with E-state index < -0.39 is 6.10 Å². The van der Waals surface area contributed by atoms with Gasteiger partial charge in [-0.05, 0) is 44.9 Å². The molecule has 0 aliphatic heterocycles. The number of esters is 3. The summed E-state index contributed by atoms with van der Waals surface area (Å²) in [5.74, 6) is -0.853. The van der Waals surface area contributed by atoms with Crippen molar-refractivity contribution in [3.8, 4) is 0 Å². The predicted octanol–water partition coefficient (Wildman–Crippen LogP) is 17.0. The molecule has 0 bridgehead atoms. The molecule has 59 heavy (non-hydrogen) atoms. The molecule has 0 fully saturated rings. The van der Waals surface area contributed by atoms with Gasteiger partial charge in [-0.1, -0.05) is 238 Å². The third kappa shape index (κ3) is 47.1. The molecule has 0 aromatic rings. The zero-order chi connectivity index (χ0) is 43.0. The SMILES string of the molecule is CCCCCCCC/C=C\CCCCCCCCCCCC(=O)OC[C@H](COC(=O)CCCCCCCCCCCCC)OC(=O)CCCCCCCCCCCCC. The second kappa shape index (κ2) is 48.8. The van der Waals surface area contributed by atoms with Crippen LogP contribution in [-0.2, 0) is 28.6 Å². The maximum Gasteiger partial charge on any atom is 0.306 e. The molecular weight excluding hydrogens is 733 g/mol. The number of unbranched alkanes of at least 4 members (excludes halogenated alkanes) is 35. The Labute approximate surface area is 367 Å². The van der Waals surface area contributed by atoms with E-state index in [4.69, 9.17) is 14.2 Å². The molecule has 1 atom stereocenters. The molecule has 0 saturated heterocycles. The van der Waals surface area contributed by atoms with Gasteiger partial charge in [-0.25, -0.2) is 0 Å². The Bertz CT molecular complexity index is 916. The Morgan fingerprint density at radius 2 is 0.559 bits per heavy atom. The van der Waals surface area contributed by atoms with E-state index in [1.165, 1.54) is 193 Å². The van der Waals surface area contributed by atoms with Crippen LogP contribution in [0.15, 0.2) is 12.2 Å². The number of ether oxygens (including phenoxy) is 3. The fourth-order valence-electron chi connectivity index (χ4n) is 7.79. The van der Waals surface area contributed by atoms with Crippen LogP contribution >= 0.6 is 0 Å². The van der Waals surface area contributed by atoms with Crippen molar-refractivity contribution in [1.29, 1.82) is 0 Å². The lowest BCUT2D eigenvalue weighted by Crippen LogP contribution is -2.30. The van der Waals surface area contributed by atoms with Crippen LogP contribution in [0.5, 0.6) is 0 Å². The van der Waals surface area contributed by atoms with Gasteiger partial charge in [-0.2, -0.15) is 0 Å². The molecule has 348 valence electrons. The number of allylic oxidation sites excluding steroid dienone is 2. The van der Waals surface area contributed by atoms with Crippen LogP contribution < -0.4 is 0 Å². The van der Waals surface area contributed by atoms with Crippen LogP contribution in [0.1, 0.15) is 290 Å². The highest BCUT2D eigenvalue weighted by Gasteiger charge is 2.19. The van der Waals surface area contributed by atoms with E-state index in [1.54, 1.807) is 0 Å². The second-order valence-electron chi connectivity index (χ2n) is 17.8. The zero-order valence-corrected chi connectivity index (χ0v) is 39.8. The third-order valence-corrected chi connectivity index (χ3v) is 11.8. The van der Waals surface area contributed by atoms with Gasteiger partial charge in [0, 0.05) is 19.3 Å². The van der Waals surface area contributed by atoms with Gasteiger partial charge in [0.1, 0.15) is 13.2 Å². The quantitative estimate of drug-likeness (QED) is 0.0263. The van der Waals surface area contributed by atoms with E-state index in [2.05, 4.69) is 32.9 Å². The second-order valence-corrected chi connectivity index (χ2v) is 17.8. The van der Waals surface area contributed by atoms with E-state index in [1.807, 2.05) is 0 Å². The van der Waals surface area contributed by atoms with E-state index in [-0.39, 0.29) is 31.1 Å². The first-order valence-corrected chi connectivity index (χ1v) is 26.2. The molecule has 0 aromatic carbocycles. The summed E-state index contributed by atoms with van der Waals surface area (Å²) in [6.45, 7) is 6.65. The van der Waals surface area contributed by atoms with Crippen molar-refractivity contribution < 1.29 is 28.6 Å². The lowest BCUT2D eigenvalue weighted by Gasteiger charge is -2.18. The summed E-state index contributed by atoms with van der Waals surface area (Å²) in [6, 6.07) is 0. The minimum Gasteiger partial charge on any atom is -0.462 e. The molecule has 0 amide bonds. The number of carbonyl (C=O) groups excluding carboxylic acids is 3. The molecule has 0 radical (unpaired) electrons. The van der Waals surface area contributed by atoms with Gasteiger partial charge in [-0.3, -0.25) is 14.4 Å². The Kier molecular flexibility index (Phi) is 47.3. The minimum atomic E-state index is -0.762. The molecule has 6 nitrogen and oxygen atoms in total. The molecule has 0 aliphatic carbocycles. The van der Waals surface area contributed by atoms with Crippen molar-refractivity contribution in [2.45, 2.75) is 297 Å². The van der Waals surface area contributed by atoms with Crippen LogP contribution in [0.3, 0.4) is 0 Å². The first-order valence-electron chi connectivity index (χ1n) is 26.2. The molecule has 0 aliphatic rings. The molecule has 0 N–H and O–H groups in total. The van der Waals surface area contributed by atoms with Crippen molar-refractivity contribution in [3.63, 3.8) is 0 Å². The topological polar surface area (TPSA) is 78.9 Å². The van der Waals surface area contributed by atoms with Crippen molar-refractivity contribution in [2.75, 3.05) is 13.2 Å². The molecule has 0 rings (SSSR count). The van der Waals surface area contributed by atoms with Gasteiger partial charge in [0.2, 0.25) is 0 Å². The Balaban J connectivity index is 4.25. The van der Waals surface area contributed by atoms with E-state index in [9.17, 15) is 14.4 Å². The maximum atomic E-state index is 12.7. The van der Waals surface area contributed by atoms with Crippen molar-refractivity contribution in [1.82, 2.24) is 0 Å². The van der Waals surface area contributed by atoms with Crippen LogP contribution in [0, 0.1) is 0 Å². The monoisotopic (exact) mass is 833 g/mol. The summed E-state index contributed by atoms with van der Waals surface area (Å²) in [7, 11) is 0. The molecule has 0 spiro atoms. The van der Waals surface area contributed by atoms with Crippen LogP contribution in [0.4, 0.5) is 0 Å².